The van der Waals surface area contributed by atoms with Gasteiger partial charge in [-0.15, -0.1) is 0 Å². The number of non-ortho nitro benzene ring substituents is 1. The molecule has 0 radical (unpaired) electrons. The molecule has 0 unspecified atom stereocenters. The summed E-state index contributed by atoms with van der Waals surface area (Å²) in [6.45, 7) is 1.24. The van der Waals surface area contributed by atoms with Gasteiger partial charge in [-0.2, -0.15) is 10.4 Å². The SMILES string of the molecule is N#Cc1cc([N+](=O)[O-])ccc1NC(=O)C1CCN(c2cc(-n3cncn3)ncn2)CC1. The van der Waals surface area contributed by atoms with E-state index in [1.807, 2.05) is 12.1 Å². The highest BCUT2D eigenvalue weighted by atomic mass is 16.6. The van der Waals surface area contributed by atoms with Gasteiger partial charge in [0.1, 0.15) is 30.9 Å². The molecular formula is C19H17N9O3. The molecule has 0 saturated carbocycles. The molecule has 31 heavy (non-hydrogen) atoms. The molecule has 156 valence electrons. The molecular weight excluding hydrogens is 402 g/mol. The molecule has 0 bridgehead atoms. The molecule has 1 aliphatic heterocycles. The summed E-state index contributed by atoms with van der Waals surface area (Å²) in [5.41, 5.74) is 0.133. The van der Waals surface area contributed by atoms with Crippen LogP contribution in [0.1, 0.15) is 18.4 Å². The Kier molecular flexibility index (Phi) is 5.48. The van der Waals surface area contributed by atoms with Crippen molar-refractivity contribution in [3.8, 4) is 11.9 Å². The molecule has 1 N–H and O–H groups in total. The molecule has 0 spiro atoms. The first-order valence-electron chi connectivity index (χ1n) is 9.46. The van der Waals surface area contributed by atoms with Crippen LogP contribution in [0.2, 0.25) is 0 Å². The number of aromatic nitrogens is 5. The van der Waals surface area contributed by atoms with Crippen LogP contribution >= 0.6 is 0 Å². The third kappa shape index (κ3) is 4.30. The summed E-state index contributed by atoms with van der Waals surface area (Å²) in [5.74, 6) is 0.886. The molecule has 1 amide bonds. The number of hydrogen-bond acceptors (Lipinski definition) is 9. The topological polar surface area (TPSA) is 156 Å². The van der Waals surface area contributed by atoms with Crippen LogP contribution in [-0.2, 0) is 4.79 Å². The lowest BCUT2D eigenvalue weighted by molar-refractivity contribution is -0.384. The second-order valence-corrected chi connectivity index (χ2v) is 6.92. The number of nitriles is 1. The Morgan fingerprint density at radius 1 is 1.19 bits per heavy atom. The van der Waals surface area contributed by atoms with E-state index in [9.17, 15) is 20.2 Å². The van der Waals surface area contributed by atoms with Crippen LogP contribution in [0.3, 0.4) is 0 Å². The summed E-state index contributed by atoms with van der Waals surface area (Å²) in [4.78, 5) is 37.5. The number of carbonyl (C=O) groups is 1. The van der Waals surface area contributed by atoms with E-state index in [1.165, 1.54) is 24.8 Å². The van der Waals surface area contributed by atoms with Gasteiger partial charge in [-0.1, -0.05) is 0 Å². The van der Waals surface area contributed by atoms with E-state index in [0.29, 0.717) is 31.7 Å². The summed E-state index contributed by atoms with van der Waals surface area (Å²) in [6, 6.07) is 7.50. The largest absolute Gasteiger partial charge is 0.356 e. The fourth-order valence-corrected chi connectivity index (χ4v) is 3.41. The van der Waals surface area contributed by atoms with Crippen LogP contribution in [0.15, 0.2) is 43.2 Å². The zero-order valence-corrected chi connectivity index (χ0v) is 16.2. The van der Waals surface area contributed by atoms with Crippen molar-refractivity contribution in [3.63, 3.8) is 0 Å². The van der Waals surface area contributed by atoms with E-state index in [4.69, 9.17) is 0 Å². The van der Waals surface area contributed by atoms with Gasteiger partial charge in [0.15, 0.2) is 5.82 Å². The molecule has 0 atom stereocenters. The Hall–Kier alpha value is -4.40. The molecule has 1 saturated heterocycles. The highest BCUT2D eigenvalue weighted by Crippen LogP contribution is 2.26. The lowest BCUT2D eigenvalue weighted by atomic mass is 9.95. The molecule has 4 rings (SSSR count). The van der Waals surface area contributed by atoms with Gasteiger partial charge in [-0.25, -0.2) is 19.6 Å². The van der Waals surface area contributed by atoms with Crippen LogP contribution in [-0.4, -0.2) is 48.7 Å². The number of benzene rings is 1. The van der Waals surface area contributed by atoms with Gasteiger partial charge >= 0.3 is 0 Å². The van der Waals surface area contributed by atoms with Gasteiger partial charge in [0.2, 0.25) is 5.91 Å². The minimum atomic E-state index is -0.580. The maximum atomic E-state index is 12.7. The van der Waals surface area contributed by atoms with Gasteiger partial charge in [-0.05, 0) is 18.9 Å². The van der Waals surface area contributed by atoms with E-state index < -0.39 is 4.92 Å². The maximum absolute atomic E-state index is 12.7. The van der Waals surface area contributed by atoms with Crippen molar-refractivity contribution in [3.05, 3.63) is 58.9 Å². The Labute approximate surface area is 176 Å². The number of nitro benzene ring substituents is 1. The third-order valence-electron chi connectivity index (χ3n) is 5.07. The monoisotopic (exact) mass is 419 g/mol. The number of nitrogens with zero attached hydrogens (tertiary/aromatic N) is 8. The van der Waals surface area contributed by atoms with Crippen LogP contribution in [0.5, 0.6) is 0 Å². The first-order chi connectivity index (χ1) is 15.0. The lowest BCUT2D eigenvalue weighted by Gasteiger charge is -2.32. The van der Waals surface area contributed by atoms with E-state index >= 15 is 0 Å². The van der Waals surface area contributed by atoms with Crippen molar-refractivity contribution in [1.82, 2.24) is 24.7 Å². The van der Waals surface area contributed by atoms with Gasteiger partial charge in [-0.3, -0.25) is 14.9 Å². The van der Waals surface area contributed by atoms with Crippen molar-refractivity contribution in [2.45, 2.75) is 12.8 Å². The fraction of sp³-hybridized carbons (Fsp3) is 0.263. The lowest BCUT2D eigenvalue weighted by Crippen LogP contribution is -2.38. The predicted molar refractivity (Wildman–Crippen MR) is 108 cm³/mol. The van der Waals surface area contributed by atoms with Gasteiger partial charge in [0, 0.05) is 37.2 Å². The van der Waals surface area contributed by atoms with Crippen molar-refractivity contribution < 1.29 is 9.72 Å². The predicted octanol–water partition coefficient (Wildman–Crippen LogP) is 1.69. The molecule has 12 nitrogen and oxygen atoms in total. The maximum Gasteiger partial charge on any atom is 0.270 e. The van der Waals surface area contributed by atoms with E-state index in [1.54, 1.807) is 11.0 Å². The summed E-state index contributed by atoms with van der Waals surface area (Å²) in [6.07, 6.45) is 5.64. The van der Waals surface area contributed by atoms with Crippen molar-refractivity contribution in [1.29, 1.82) is 5.26 Å². The zero-order valence-electron chi connectivity index (χ0n) is 16.2. The normalized spacial score (nSPS) is 14.1. The quantitative estimate of drug-likeness (QED) is 0.480. The van der Waals surface area contributed by atoms with Gasteiger partial charge < -0.3 is 10.2 Å². The van der Waals surface area contributed by atoms with Gasteiger partial charge in [0.25, 0.3) is 5.69 Å². The average molecular weight is 419 g/mol. The highest BCUT2D eigenvalue weighted by molar-refractivity contribution is 5.94. The molecule has 3 aromatic rings. The minimum Gasteiger partial charge on any atom is -0.356 e. The average Bonchev–Trinajstić information content (AvgIpc) is 3.34. The smallest absolute Gasteiger partial charge is 0.270 e. The Morgan fingerprint density at radius 2 is 1.97 bits per heavy atom. The highest BCUT2D eigenvalue weighted by Gasteiger charge is 2.26. The fourth-order valence-electron chi connectivity index (χ4n) is 3.41. The second-order valence-electron chi connectivity index (χ2n) is 6.92. The molecule has 1 aromatic carbocycles. The number of amides is 1. The minimum absolute atomic E-state index is 0.0570. The molecule has 0 aliphatic carbocycles. The summed E-state index contributed by atoms with van der Waals surface area (Å²) >= 11 is 0. The van der Waals surface area contributed by atoms with Crippen molar-refractivity contribution >= 4 is 23.1 Å². The number of piperidine rings is 1. The summed E-state index contributed by atoms with van der Waals surface area (Å²) in [5, 5.41) is 26.9. The molecule has 12 heteroatoms. The molecule has 1 fully saturated rings. The number of rotatable bonds is 5. The summed E-state index contributed by atoms with van der Waals surface area (Å²) < 4.78 is 1.54. The molecule has 1 aliphatic rings. The van der Waals surface area contributed by atoms with E-state index in [0.717, 1.165) is 11.9 Å². The number of anilines is 2. The van der Waals surface area contributed by atoms with Crippen LogP contribution in [0.25, 0.3) is 5.82 Å². The zero-order chi connectivity index (χ0) is 21.8. The second kappa shape index (κ2) is 8.54. The summed E-state index contributed by atoms with van der Waals surface area (Å²) in [7, 11) is 0. The van der Waals surface area contributed by atoms with E-state index in [-0.39, 0.29) is 28.8 Å². The Bertz CT molecular complexity index is 1150. The van der Waals surface area contributed by atoms with Crippen LogP contribution < -0.4 is 10.2 Å². The van der Waals surface area contributed by atoms with Crippen molar-refractivity contribution in [2.24, 2.45) is 5.92 Å². The number of hydrogen-bond donors (Lipinski definition) is 1. The Morgan fingerprint density at radius 3 is 2.65 bits per heavy atom. The first kappa shape index (κ1) is 19.9. The number of nitro groups is 1. The molecule has 2 aromatic heterocycles. The van der Waals surface area contributed by atoms with Crippen LogP contribution in [0.4, 0.5) is 17.2 Å². The number of nitrogens with one attached hydrogen (secondary N) is 1. The van der Waals surface area contributed by atoms with Crippen LogP contribution in [0, 0.1) is 27.4 Å². The number of carbonyl (C=O) groups excluding carboxylic acids is 1. The van der Waals surface area contributed by atoms with E-state index in [2.05, 4.69) is 30.3 Å². The standard InChI is InChI=1S/C19H17N9O3/c20-9-14-7-15(28(30)31)1-2-16(14)25-19(29)13-3-5-26(6-4-13)17-8-18(23-11-22-17)27-12-21-10-24-27/h1-2,7-8,10-13H,3-6H2,(H,25,29). The first-order valence-corrected chi connectivity index (χ1v) is 9.46. The Balaban J connectivity index is 1.39. The third-order valence-corrected chi connectivity index (χ3v) is 5.07. The molecule has 3 heterocycles. The van der Waals surface area contributed by atoms with Crippen molar-refractivity contribution in [2.75, 3.05) is 23.3 Å². The van der Waals surface area contributed by atoms with Gasteiger partial charge in [0.05, 0.1) is 16.2 Å².